The lowest BCUT2D eigenvalue weighted by atomic mass is 9.80. The first kappa shape index (κ1) is 12.7. The van der Waals surface area contributed by atoms with Crippen molar-refractivity contribution in [3.8, 4) is 0 Å². The molecule has 1 aliphatic heterocycles. The number of nitrogens with one attached hydrogen (secondary N) is 1. The third kappa shape index (κ3) is 3.64. The molecule has 2 aliphatic rings. The van der Waals surface area contributed by atoms with Gasteiger partial charge in [-0.15, -0.1) is 0 Å². The van der Waals surface area contributed by atoms with Gasteiger partial charge in [-0.2, -0.15) is 11.8 Å². The van der Waals surface area contributed by atoms with Crippen molar-refractivity contribution < 1.29 is 4.74 Å². The largest absolute Gasteiger partial charge is 0.375 e. The van der Waals surface area contributed by atoms with Gasteiger partial charge in [0.25, 0.3) is 0 Å². The van der Waals surface area contributed by atoms with Crippen LogP contribution in [0.1, 0.15) is 39.0 Å². The highest BCUT2D eigenvalue weighted by Crippen LogP contribution is 2.32. The molecule has 1 N–H and O–H groups in total. The summed E-state index contributed by atoms with van der Waals surface area (Å²) >= 11 is 2.05. The Balaban J connectivity index is 1.78. The molecule has 0 bridgehead atoms. The molecule has 1 heterocycles. The second-order valence-electron chi connectivity index (χ2n) is 5.08. The molecule has 0 radical (unpaired) electrons. The van der Waals surface area contributed by atoms with Crippen LogP contribution in [0.25, 0.3) is 0 Å². The van der Waals surface area contributed by atoms with Crippen molar-refractivity contribution in [3.63, 3.8) is 0 Å². The van der Waals surface area contributed by atoms with Crippen molar-refractivity contribution in [1.29, 1.82) is 0 Å². The molecule has 2 nitrogen and oxygen atoms in total. The van der Waals surface area contributed by atoms with Gasteiger partial charge in [0.15, 0.2) is 0 Å². The van der Waals surface area contributed by atoms with Gasteiger partial charge in [-0.25, -0.2) is 0 Å². The van der Waals surface area contributed by atoms with Crippen LogP contribution in [0, 0.1) is 5.92 Å². The molecule has 0 aromatic rings. The van der Waals surface area contributed by atoms with E-state index in [-0.39, 0.29) is 0 Å². The van der Waals surface area contributed by atoms with Gasteiger partial charge < -0.3 is 10.1 Å². The average molecular weight is 243 g/mol. The Labute approximate surface area is 104 Å². The summed E-state index contributed by atoms with van der Waals surface area (Å²) in [5.41, 5.74) is 0. The Kier molecular flexibility index (Phi) is 5.46. The van der Waals surface area contributed by atoms with E-state index in [4.69, 9.17) is 4.74 Å². The van der Waals surface area contributed by atoms with Gasteiger partial charge >= 0.3 is 0 Å². The number of hydrogen-bond acceptors (Lipinski definition) is 3. The van der Waals surface area contributed by atoms with Gasteiger partial charge in [-0.1, -0.05) is 26.2 Å². The highest BCUT2D eigenvalue weighted by Gasteiger charge is 2.29. The molecule has 0 spiro atoms. The third-order valence-electron chi connectivity index (χ3n) is 3.76. The Hall–Kier alpha value is 0.270. The molecule has 16 heavy (non-hydrogen) atoms. The van der Waals surface area contributed by atoms with Crippen molar-refractivity contribution >= 4 is 11.8 Å². The lowest BCUT2D eigenvalue weighted by Gasteiger charge is -2.36. The van der Waals surface area contributed by atoms with Gasteiger partial charge in [0.2, 0.25) is 0 Å². The van der Waals surface area contributed by atoms with Crippen molar-refractivity contribution in [2.24, 2.45) is 5.92 Å². The van der Waals surface area contributed by atoms with Gasteiger partial charge in [0, 0.05) is 17.5 Å². The summed E-state index contributed by atoms with van der Waals surface area (Å²) in [5.74, 6) is 3.35. The van der Waals surface area contributed by atoms with E-state index >= 15 is 0 Å². The number of thioether (sulfide) groups is 1. The van der Waals surface area contributed by atoms with E-state index in [0.29, 0.717) is 12.1 Å². The highest BCUT2D eigenvalue weighted by atomic mass is 32.2. The minimum Gasteiger partial charge on any atom is -0.375 e. The van der Waals surface area contributed by atoms with E-state index in [1.165, 1.54) is 43.6 Å². The first-order valence-electron chi connectivity index (χ1n) is 6.83. The quantitative estimate of drug-likeness (QED) is 0.775. The van der Waals surface area contributed by atoms with Crippen LogP contribution in [0.2, 0.25) is 0 Å². The summed E-state index contributed by atoms with van der Waals surface area (Å²) in [5, 5.41) is 3.70. The molecule has 1 aliphatic carbocycles. The van der Waals surface area contributed by atoms with E-state index in [1.807, 2.05) is 0 Å². The van der Waals surface area contributed by atoms with Crippen LogP contribution >= 0.6 is 11.8 Å². The van der Waals surface area contributed by atoms with Crippen molar-refractivity contribution in [2.75, 3.05) is 24.7 Å². The number of rotatable bonds is 6. The Bertz CT molecular complexity index is 190. The van der Waals surface area contributed by atoms with Crippen LogP contribution in [0.15, 0.2) is 0 Å². The smallest absolute Gasteiger partial charge is 0.0818 e. The molecule has 0 aromatic carbocycles. The fourth-order valence-corrected chi connectivity index (χ4v) is 3.46. The predicted octanol–water partition coefficient (Wildman–Crippen LogP) is 2.68. The topological polar surface area (TPSA) is 21.3 Å². The van der Waals surface area contributed by atoms with Crippen LogP contribution in [0.4, 0.5) is 0 Å². The lowest BCUT2D eigenvalue weighted by Crippen LogP contribution is -2.46. The number of ether oxygens (including phenoxy) is 1. The molecule has 3 heteroatoms. The molecule has 94 valence electrons. The number of hydrogen-bond donors (Lipinski definition) is 1. The van der Waals surface area contributed by atoms with Gasteiger partial charge in [0.1, 0.15) is 0 Å². The molecule has 1 saturated carbocycles. The summed E-state index contributed by atoms with van der Waals surface area (Å²) in [6.45, 7) is 4.33. The van der Waals surface area contributed by atoms with Crippen LogP contribution < -0.4 is 5.32 Å². The van der Waals surface area contributed by atoms with Gasteiger partial charge in [0.05, 0.1) is 12.7 Å². The maximum Gasteiger partial charge on any atom is 0.0818 e. The zero-order chi connectivity index (χ0) is 11.2. The average Bonchev–Trinajstić information content (AvgIpc) is 2.28. The Morgan fingerprint density at radius 2 is 2.31 bits per heavy atom. The Morgan fingerprint density at radius 1 is 1.44 bits per heavy atom. The molecule has 0 amide bonds. The molecule has 2 fully saturated rings. The fourth-order valence-electron chi connectivity index (χ4n) is 2.52. The second kappa shape index (κ2) is 6.87. The normalized spacial score (nSPS) is 28.7. The predicted molar refractivity (Wildman–Crippen MR) is 71.1 cm³/mol. The minimum absolute atomic E-state index is 0.464. The Morgan fingerprint density at radius 3 is 2.88 bits per heavy atom. The van der Waals surface area contributed by atoms with E-state index in [0.717, 1.165) is 19.1 Å². The summed E-state index contributed by atoms with van der Waals surface area (Å²) < 4.78 is 5.92. The summed E-state index contributed by atoms with van der Waals surface area (Å²) in [6, 6.07) is 0.609. The molecule has 1 saturated heterocycles. The van der Waals surface area contributed by atoms with E-state index < -0.39 is 0 Å². The van der Waals surface area contributed by atoms with Gasteiger partial charge in [-0.3, -0.25) is 0 Å². The summed E-state index contributed by atoms with van der Waals surface area (Å²) in [7, 11) is 0. The fraction of sp³-hybridized carbons (Fsp3) is 1.00. The van der Waals surface area contributed by atoms with Crippen LogP contribution in [-0.2, 0) is 4.74 Å². The summed E-state index contributed by atoms with van der Waals surface area (Å²) in [4.78, 5) is 0. The molecule has 0 aromatic heterocycles. The van der Waals surface area contributed by atoms with E-state index in [1.54, 1.807) is 0 Å². The maximum absolute atomic E-state index is 5.92. The standard InChI is InChI=1S/C13H25NOS/c1-2-6-14-12(9-11-4-3-5-11)13-10-16-8-7-15-13/h11-14H,2-10H2,1H3. The second-order valence-corrected chi connectivity index (χ2v) is 6.23. The zero-order valence-electron chi connectivity index (χ0n) is 10.4. The van der Waals surface area contributed by atoms with Crippen LogP contribution in [0.3, 0.4) is 0 Å². The zero-order valence-corrected chi connectivity index (χ0v) is 11.2. The highest BCUT2D eigenvalue weighted by molar-refractivity contribution is 7.99. The molecule has 2 rings (SSSR count). The molecule has 2 atom stereocenters. The van der Waals surface area contributed by atoms with E-state index in [9.17, 15) is 0 Å². The summed E-state index contributed by atoms with van der Waals surface area (Å²) in [6.07, 6.45) is 7.37. The molecule has 2 unspecified atom stereocenters. The maximum atomic E-state index is 5.92. The van der Waals surface area contributed by atoms with Crippen molar-refractivity contribution in [2.45, 2.75) is 51.2 Å². The first-order chi connectivity index (χ1) is 7.90. The van der Waals surface area contributed by atoms with Crippen LogP contribution in [-0.4, -0.2) is 36.8 Å². The monoisotopic (exact) mass is 243 g/mol. The molecular formula is C13H25NOS. The van der Waals surface area contributed by atoms with Crippen molar-refractivity contribution in [1.82, 2.24) is 5.32 Å². The SMILES string of the molecule is CCCNC(CC1CCC1)C1CSCCO1. The third-order valence-corrected chi connectivity index (χ3v) is 4.78. The first-order valence-corrected chi connectivity index (χ1v) is 7.98. The lowest BCUT2D eigenvalue weighted by molar-refractivity contribution is 0.0357. The van der Waals surface area contributed by atoms with Crippen LogP contribution in [0.5, 0.6) is 0 Å². The van der Waals surface area contributed by atoms with Crippen molar-refractivity contribution in [3.05, 3.63) is 0 Å². The molecular weight excluding hydrogens is 218 g/mol. The van der Waals surface area contributed by atoms with E-state index in [2.05, 4.69) is 24.0 Å². The van der Waals surface area contributed by atoms with Gasteiger partial charge in [-0.05, 0) is 25.3 Å². The minimum atomic E-state index is 0.464.